The molecule has 0 aromatic heterocycles. The lowest BCUT2D eigenvalue weighted by Gasteiger charge is -2.05. The second-order valence-corrected chi connectivity index (χ2v) is 5.28. The van der Waals surface area contributed by atoms with E-state index in [0.29, 0.717) is 16.9 Å². The minimum atomic E-state index is -0.606. The fourth-order valence-corrected chi connectivity index (χ4v) is 2.18. The molecule has 0 saturated carbocycles. The molecule has 0 atom stereocenters. The maximum atomic E-state index is 13.0. The molecule has 26 heavy (non-hydrogen) atoms. The summed E-state index contributed by atoms with van der Waals surface area (Å²) in [5, 5.41) is 0. The van der Waals surface area contributed by atoms with Crippen molar-refractivity contribution in [1.82, 2.24) is 0 Å². The van der Waals surface area contributed by atoms with E-state index in [-0.39, 0.29) is 18.2 Å². The third-order valence-electron chi connectivity index (χ3n) is 3.46. The predicted molar refractivity (Wildman–Crippen MR) is 91.0 cm³/mol. The fourth-order valence-electron chi connectivity index (χ4n) is 2.18. The van der Waals surface area contributed by atoms with Crippen molar-refractivity contribution in [3.63, 3.8) is 0 Å². The van der Waals surface area contributed by atoms with Gasteiger partial charge in [-0.25, -0.2) is 19.0 Å². The molecule has 2 aromatic rings. The summed E-state index contributed by atoms with van der Waals surface area (Å²) >= 11 is 0. The monoisotopic (exact) mass is 355 g/mol. The van der Waals surface area contributed by atoms with E-state index >= 15 is 0 Å². The van der Waals surface area contributed by atoms with Gasteiger partial charge in [0.05, 0.1) is 7.11 Å². The molecule has 6 nitrogen and oxygen atoms in total. The normalized spacial score (nSPS) is 14.8. The van der Waals surface area contributed by atoms with E-state index in [2.05, 4.69) is 9.73 Å². The molecule has 0 aliphatic carbocycles. The Balaban J connectivity index is 1.79. The van der Waals surface area contributed by atoms with Gasteiger partial charge in [-0.1, -0.05) is 12.1 Å². The third-order valence-corrected chi connectivity index (χ3v) is 3.46. The Morgan fingerprint density at radius 2 is 2.00 bits per heavy atom. The summed E-state index contributed by atoms with van der Waals surface area (Å²) in [7, 11) is 1.27. The standard InChI is InChI=1S/C19H14FNO5/c1-24-17(22)11-25-15-4-2-3-12(9-15)10-16-19(23)26-18(21-16)13-5-7-14(20)8-6-13/h2-10H,11H2,1H3/b16-10-. The zero-order chi connectivity index (χ0) is 18.5. The van der Waals surface area contributed by atoms with Crippen LogP contribution in [0.1, 0.15) is 11.1 Å². The van der Waals surface area contributed by atoms with Crippen LogP contribution in [0.25, 0.3) is 6.08 Å². The van der Waals surface area contributed by atoms with Gasteiger partial charge in [0.15, 0.2) is 12.3 Å². The number of cyclic esters (lactones) is 1. The summed E-state index contributed by atoms with van der Waals surface area (Å²) in [6, 6.07) is 12.3. The molecule has 0 spiro atoms. The van der Waals surface area contributed by atoms with Crippen molar-refractivity contribution in [2.75, 3.05) is 13.7 Å². The molecule has 7 heteroatoms. The van der Waals surface area contributed by atoms with Gasteiger partial charge in [-0.2, -0.15) is 0 Å². The summed E-state index contributed by atoms with van der Waals surface area (Å²) in [4.78, 5) is 27.3. The second-order valence-electron chi connectivity index (χ2n) is 5.28. The number of carbonyl (C=O) groups is 2. The fraction of sp³-hybridized carbons (Fsp3) is 0.105. The molecule has 0 unspecified atom stereocenters. The highest BCUT2D eigenvalue weighted by atomic mass is 19.1. The van der Waals surface area contributed by atoms with Gasteiger partial charge in [0.1, 0.15) is 11.6 Å². The molecule has 0 bridgehead atoms. The Morgan fingerprint density at radius 1 is 1.23 bits per heavy atom. The lowest BCUT2D eigenvalue weighted by Crippen LogP contribution is -2.12. The van der Waals surface area contributed by atoms with Gasteiger partial charge < -0.3 is 14.2 Å². The molecule has 0 amide bonds. The number of halogens is 1. The van der Waals surface area contributed by atoms with Crippen molar-refractivity contribution in [1.29, 1.82) is 0 Å². The van der Waals surface area contributed by atoms with Crippen LogP contribution < -0.4 is 4.74 Å². The number of esters is 2. The van der Waals surface area contributed by atoms with Crippen LogP contribution in [0.4, 0.5) is 4.39 Å². The van der Waals surface area contributed by atoms with Crippen molar-refractivity contribution >= 4 is 23.9 Å². The van der Waals surface area contributed by atoms with E-state index in [4.69, 9.17) is 9.47 Å². The first-order valence-electron chi connectivity index (χ1n) is 7.63. The Hall–Kier alpha value is -3.48. The number of nitrogens with zero attached hydrogens (tertiary/aromatic N) is 1. The van der Waals surface area contributed by atoms with Crippen molar-refractivity contribution in [2.24, 2.45) is 4.99 Å². The molecule has 2 aromatic carbocycles. The average molecular weight is 355 g/mol. The molecule has 1 aliphatic heterocycles. The molecule has 0 N–H and O–H groups in total. The maximum absolute atomic E-state index is 13.0. The van der Waals surface area contributed by atoms with E-state index in [0.717, 1.165) is 0 Å². The maximum Gasteiger partial charge on any atom is 0.363 e. The van der Waals surface area contributed by atoms with E-state index in [1.165, 1.54) is 37.5 Å². The summed E-state index contributed by atoms with van der Waals surface area (Å²) in [5.41, 5.74) is 1.25. The second kappa shape index (κ2) is 7.60. The molecular weight excluding hydrogens is 341 g/mol. The van der Waals surface area contributed by atoms with Crippen molar-refractivity contribution in [3.05, 3.63) is 71.2 Å². The van der Waals surface area contributed by atoms with E-state index in [9.17, 15) is 14.0 Å². The summed E-state index contributed by atoms with van der Waals surface area (Å²) in [6.45, 7) is -0.217. The van der Waals surface area contributed by atoms with Crippen LogP contribution in [-0.4, -0.2) is 31.6 Å². The number of hydrogen-bond acceptors (Lipinski definition) is 6. The molecule has 0 fully saturated rings. The number of carbonyl (C=O) groups excluding carboxylic acids is 2. The van der Waals surface area contributed by atoms with Crippen molar-refractivity contribution in [2.45, 2.75) is 0 Å². The lowest BCUT2D eigenvalue weighted by molar-refractivity contribution is -0.142. The van der Waals surface area contributed by atoms with Gasteiger partial charge in [-0.15, -0.1) is 0 Å². The van der Waals surface area contributed by atoms with Gasteiger partial charge in [0.2, 0.25) is 5.90 Å². The van der Waals surface area contributed by atoms with E-state index in [1.54, 1.807) is 24.3 Å². The van der Waals surface area contributed by atoms with Gasteiger partial charge in [-0.05, 0) is 48.0 Å². The largest absolute Gasteiger partial charge is 0.482 e. The first-order valence-corrected chi connectivity index (χ1v) is 7.63. The van der Waals surface area contributed by atoms with Crippen LogP contribution in [0.2, 0.25) is 0 Å². The molecule has 1 heterocycles. The smallest absolute Gasteiger partial charge is 0.363 e. The average Bonchev–Trinajstić information content (AvgIpc) is 3.01. The minimum Gasteiger partial charge on any atom is -0.482 e. The van der Waals surface area contributed by atoms with Crippen LogP contribution in [0.5, 0.6) is 5.75 Å². The molecule has 3 rings (SSSR count). The Bertz CT molecular complexity index is 902. The molecular formula is C19H14FNO5. The van der Waals surface area contributed by atoms with Crippen LogP contribution in [0, 0.1) is 5.82 Å². The predicted octanol–water partition coefficient (Wildman–Crippen LogP) is 2.72. The zero-order valence-electron chi connectivity index (χ0n) is 13.8. The number of ether oxygens (including phenoxy) is 3. The SMILES string of the molecule is COC(=O)COc1cccc(/C=C2\N=C(c3ccc(F)cc3)OC2=O)c1. The van der Waals surface area contributed by atoms with E-state index < -0.39 is 17.8 Å². The molecule has 132 valence electrons. The number of rotatable bonds is 5. The van der Waals surface area contributed by atoms with Gasteiger partial charge in [0, 0.05) is 5.56 Å². The Morgan fingerprint density at radius 3 is 2.73 bits per heavy atom. The van der Waals surface area contributed by atoms with Crippen LogP contribution in [0.3, 0.4) is 0 Å². The number of aliphatic imine (C=N–C) groups is 1. The summed E-state index contributed by atoms with van der Waals surface area (Å²) < 4.78 is 27.9. The summed E-state index contributed by atoms with van der Waals surface area (Å²) in [5.74, 6) is -0.941. The van der Waals surface area contributed by atoms with Crippen molar-refractivity contribution in [3.8, 4) is 5.75 Å². The molecule has 0 saturated heterocycles. The lowest BCUT2D eigenvalue weighted by atomic mass is 10.2. The van der Waals surface area contributed by atoms with E-state index in [1.807, 2.05) is 0 Å². The Labute approximate surface area is 148 Å². The van der Waals surface area contributed by atoms with Gasteiger partial charge in [-0.3, -0.25) is 0 Å². The first-order chi connectivity index (χ1) is 12.5. The highest BCUT2D eigenvalue weighted by Crippen LogP contribution is 2.21. The van der Waals surface area contributed by atoms with Crippen LogP contribution in [-0.2, 0) is 19.1 Å². The first kappa shape index (κ1) is 17.3. The zero-order valence-corrected chi connectivity index (χ0v) is 13.8. The van der Waals surface area contributed by atoms with Gasteiger partial charge in [0.25, 0.3) is 0 Å². The van der Waals surface area contributed by atoms with Crippen LogP contribution in [0.15, 0.2) is 59.2 Å². The molecule has 0 radical (unpaired) electrons. The number of benzene rings is 2. The number of methoxy groups -OCH3 is 1. The van der Waals surface area contributed by atoms with Crippen LogP contribution >= 0.6 is 0 Å². The highest BCUT2D eigenvalue weighted by Gasteiger charge is 2.24. The molecule has 1 aliphatic rings. The van der Waals surface area contributed by atoms with Gasteiger partial charge >= 0.3 is 11.9 Å². The highest BCUT2D eigenvalue weighted by molar-refractivity contribution is 6.12. The topological polar surface area (TPSA) is 74.2 Å². The summed E-state index contributed by atoms with van der Waals surface area (Å²) in [6.07, 6.45) is 1.53. The van der Waals surface area contributed by atoms with Crippen molar-refractivity contribution < 1.29 is 28.2 Å². The third kappa shape index (κ3) is 4.13. The minimum absolute atomic E-state index is 0.106. The number of hydrogen-bond donors (Lipinski definition) is 0. The Kier molecular flexibility index (Phi) is 5.07. The quantitative estimate of drug-likeness (QED) is 0.609.